The van der Waals surface area contributed by atoms with Crippen molar-refractivity contribution in [2.75, 3.05) is 5.32 Å². The monoisotopic (exact) mass is 401 g/mol. The Labute approximate surface area is 179 Å². The van der Waals surface area contributed by atoms with Gasteiger partial charge in [-0.05, 0) is 40.8 Å². The molecule has 0 aliphatic heterocycles. The van der Waals surface area contributed by atoms with Gasteiger partial charge in [-0.25, -0.2) is 0 Å². The molecule has 1 aromatic heterocycles. The molecular formula is C28H19NS. The minimum absolute atomic E-state index is 1.10. The fraction of sp³-hybridized carbons (Fsp3) is 0. The minimum atomic E-state index is 1.10. The highest BCUT2D eigenvalue weighted by Gasteiger charge is 2.12. The molecule has 0 amide bonds. The van der Waals surface area contributed by atoms with Gasteiger partial charge in [-0.2, -0.15) is 0 Å². The van der Waals surface area contributed by atoms with E-state index >= 15 is 0 Å². The van der Waals surface area contributed by atoms with E-state index < -0.39 is 0 Å². The van der Waals surface area contributed by atoms with Crippen molar-refractivity contribution in [3.63, 3.8) is 0 Å². The van der Waals surface area contributed by atoms with Gasteiger partial charge in [0.2, 0.25) is 0 Å². The Morgan fingerprint density at radius 3 is 1.93 bits per heavy atom. The molecule has 0 atom stereocenters. The van der Waals surface area contributed by atoms with Crippen LogP contribution in [0.1, 0.15) is 0 Å². The van der Waals surface area contributed by atoms with Crippen LogP contribution in [0.2, 0.25) is 0 Å². The van der Waals surface area contributed by atoms with Crippen molar-refractivity contribution in [3.8, 4) is 11.1 Å². The van der Waals surface area contributed by atoms with Crippen molar-refractivity contribution < 1.29 is 0 Å². The highest BCUT2D eigenvalue weighted by atomic mass is 32.1. The second-order valence-corrected chi connectivity index (χ2v) is 8.59. The summed E-state index contributed by atoms with van der Waals surface area (Å²) in [6.45, 7) is 0. The first-order chi connectivity index (χ1) is 14.9. The largest absolute Gasteiger partial charge is 0.355 e. The first-order valence-electron chi connectivity index (χ1n) is 10.1. The van der Waals surface area contributed by atoms with Crippen molar-refractivity contribution in [2.24, 2.45) is 0 Å². The quantitative estimate of drug-likeness (QED) is 0.313. The molecule has 0 aliphatic rings. The van der Waals surface area contributed by atoms with Crippen LogP contribution in [0.15, 0.2) is 109 Å². The van der Waals surface area contributed by atoms with Crippen LogP contribution in [-0.2, 0) is 0 Å². The first kappa shape index (κ1) is 17.3. The van der Waals surface area contributed by atoms with Crippen molar-refractivity contribution in [1.82, 2.24) is 0 Å². The van der Waals surface area contributed by atoms with Gasteiger partial charge in [-0.15, -0.1) is 11.3 Å². The van der Waals surface area contributed by atoms with E-state index in [-0.39, 0.29) is 0 Å². The van der Waals surface area contributed by atoms with E-state index in [4.69, 9.17) is 0 Å². The van der Waals surface area contributed by atoms with Gasteiger partial charge in [-0.1, -0.05) is 84.9 Å². The molecule has 6 rings (SSSR count). The Hall–Kier alpha value is -3.62. The molecule has 6 aromatic rings. The van der Waals surface area contributed by atoms with Gasteiger partial charge in [0, 0.05) is 36.9 Å². The molecule has 0 aliphatic carbocycles. The summed E-state index contributed by atoms with van der Waals surface area (Å²) >= 11 is 1.86. The molecule has 0 radical (unpaired) electrons. The highest BCUT2D eigenvalue weighted by molar-refractivity contribution is 7.26. The number of anilines is 2. The van der Waals surface area contributed by atoms with E-state index in [0.717, 1.165) is 11.4 Å². The van der Waals surface area contributed by atoms with Crippen molar-refractivity contribution in [1.29, 1.82) is 0 Å². The predicted molar refractivity (Wildman–Crippen MR) is 132 cm³/mol. The van der Waals surface area contributed by atoms with Crippen LogP contribution in [0.3, 0.4) is 0 Å². The molecule has 2 heteroatoms. The standard InChI is InChI=1S/C28H19NS/c1-2-8-19(9-3-1)20-14-16-21(17-15-20)29-25-18-27-28(23-11-5-4-10-22(23)25)24-12-6-7-13-26(24)30-27/h1-18,29H. The Balaban J connectivity index is 1.47. The number of benzene rings is 5. The summed E-state index contributed by atoms with van der Waals surface area (Å²) in [5.41, 5.74) is 4.71. The maximum Gasteiger partial charge on any atom is 0.0478 e. The summed E-state index contributed by atoms with van der Waals surface area (Å²) in [6, 6.07) is 38.9. The van der Waals surface area contributed by atoms with Gasteiger partial charge in [0.25, 0.3) is 0 Å². The summed E-state index contributed by atoms with van der Waals surface area (Å²) in [5.74, 6) is 0. The molecule has 0 unspecified atom stereocenters. The Bertz CT molecular complexity index is 1490. The molecule has 0 saturated carbocycles. The van der Waals surface area contributed by atoms with Crippen molar-refractivity contribution in [3.05, 3.63) is 109 Å². The molecular weight excluding hydrogens is 382 g/mol. The normalized spacial score (nSPS) is 11.3. The topological polar surface area (TPSA) is 12.0 Å². The summed E-state index contributed by atoms with van der Waals surface area (Å²) in [6.07, 6.45) is 0. The van der Waals surface area contributed by atoms with Crippen LogP contribution in [0.5, 0.6) is 0 Å². The molecule has 1 nitrogen and oxygen atoms in total. The number of rotatable bonds is 3. The molecule has 0 saturated heterocycles. The van der Waals surface area contributed by atoms with E-state index in [1.54, 1.807) is 0 Å². The summed E-state index contributed by atoms with van der Waals surface area (Å²) in [4.78, 5) is 0. The van der Waals surface area contributed by atoms with E-state index in [9.17, 15) is 0 Å². The van der Waals surface area contributed by atoms with Crippen LogP contribution in [-0.4, -0.2) is 0 Å². The predicted octanol–water partition coefficient (Wildman–Crippen LogP) is 8.62. The molecule has 1 N–H and O–H groups in total. The van der Waals surface area contributed by atoms with E-state index in [1.165, 1.54) is 42.1 Å². The molecule has 0 bridgehead atoms. The maximum atomic E-state index is 3.67. The van der Waals surface area contributed by atoms with Crippen molar-refractivity contribution >= 4 is 53.7 Å². The van der Waals surface area contributed by atoms with Gasteiger partial charge < -0.3 is 5.32 Å². The van der Waals surface area contributed by atoms with Gasteiger partial charge in [-0.3, -0.25) is 0 Å². The second kappa shape index (κ2) is 7.01. The zero-order valence-corrected chi connectivity index (χ0v) is 17.1. The molecule has 30 heavy (non-hydrogen) atoms. The third-order valence-electron chi connectivity index (χ3n) is 5.66. The zero-order chi connectivity index (χ0) is 19.9. The second-order valence-electron chi connectivity index (χ2n) is 7.51. The third kappa shape index (κ3) is 2.85. The van der Waals surface area contributed by atoms with E-state index in [2.05, 4.69) is 115 Å². The summed E-state index contributed by atoms with van der Waals surface area (Å²) in [7, 11) is 0. The van der Waals surface area contributed by atoms with E-state index in [0.29, 0.717) is 0 Å². The molecule has 0 spiro atoms. The Morgan fingerprint density at radius 2 is 1.13 bits per heavy atom. The average molecular weight is 402 g/mol. The van der Waals surface area contributed by atoms with Crippen LogP contribution in [0.25, 0.3) is 42.1 Å². The highest BCUT2D eigenvalue weighted by Crippen LogP contribution is 2.42. The zero-order valence-electron chi connectivity index (χ0n) is 16.3. The molecule has 0 fully saturated rings. The fourth-order valence-corrected chi connectivity index (χ4v) is 5.39. The van der Waals surface area contributed by atoms with Gasteiger partial charge in [0.1, 0.15) is 0 Å². The SMILES string of the molecule is c1ccc(-c2ccc(Nc3cc4sc5ccccc5c4c4ccccc34)cc2)cc1. The lowest BCUT2D eigenvalue weighted by atomic mass is 10.0. The Morgan fingerprint density at radius 1 is 0.500 bits per heavy atom. The average Bonchev–Trinajstić information content (AvgIpc) is 3.19. The van der Waals surface area contributed by atoms with Crippen LogP contribution in [0.4, 0.5) is 11.4 Å². The van der Waals surface area contributed by atoms with E-state index in [1.807, 2.05) is 11.3 Å². The fourth-order valence-electron chi connectivity index (χ4n) is 4.22. The lowest BCUT2D eigenvalue weighted by Crippen LogP contribution is -1.92. The van der Waals surface area contributed by atoms with Crippen molar-refractivity contribution in [2.45, 2.75) is 0 Å². The van der Waals surface area contributed by atoms with Crippen LogP contribution < -0.4 is 5.32 Å². The molecule has 142 valence electrons. The lowest BCUT2D eigenvalue weighted by Gasteiger charge is -2.12. The maximum absolute atomic E-state index is 3.67. The number of thiophene rings is 1. The Kier molecular flexibility index (Phi) is 4.03. The number of hydrogen-bond acceptors (Lipinski definition) is 2. The lowest BCUT2D eigenvalue weighted by molar-refractivity contribution is 1.57. The van der Waals surface area contributed by atoms with Crippen LogP contribution in [0, 0.1) is 0 Å². The summed E-state index contributed by atoms with van der Waals surface area (Å²) in [5, 5.41) is 8.92. The minimum Gasteiger partial charge on any atom is -0.355 e. The smallest absolute Gasteiger partial charge is 0.0478 e. The first-order valence-corrected chi connectivity index (χ1v) is 10.9. The summed E-state index contributed by atoms with van der Waals surface area (Å²) < 4.78 is 2.65. The van der Waals surface area contributed by atoms with Crippen LogP contribution >= 0.6 is 11.3 Å². The van der Waals surface area contributed by atoms with Gasteiger partial charge in [0.05, 0.1) is 0 Å². The van der Waals surface area contributed by atoms with Gasteiger partial charge in [0.15, 0.2) is 0 Å². The number of nitrogens with one attached hydrogen (secondary N) is 1. The number of hydrogen-bond donors (Lipinski definition) is 1. The molecule has 5 aromatic carbocycles. The third-order valence-corrected chi connectivity index (χ3v) is 6.77. The number of fused-ring (bicyclic) bond motifs is 5. The van der Waals surface area contributed by atoms with Gasteiger partial charge >= 0.3 is 0 Å². The molecule has 1 heterocycles.